The van der Waals surface area contributed by atoms with Crippen molar-refractivity contribution in [1.29, 1.82) is 0 Å². The fourth-order valence-electron chi connectivity index (χ4n) is 8.21. The molecule has 53 heavy (non-hydrogen) atoms. The van der Waals surface area contributed by atoms with Crippen molar-refractivity contribution < 1.29 is 18.4 Å². The first-order chi connectivity index (χ1) is 25.6. The lowest BCUT2D eigenvalue weighted by atomic mass is 9.75. The number of carbonyl (C=O) groups is 2. The third-order valence-electron chi connectivity index (χ3n) is 11.7. The Morgan fingerprint density at radius 1 is 0.962 bits per heavy atom. The first kappa shape index (κ1) is 34.9. The Morgan fingerprint density at radius 3 is 2.49 bits per heavy atom. The van der Waals surface area contributed by atoms with Crippen LogP contribution in [0.3, 0.4) is 0 Å². The summed E-state index contributed by atoms with van der Waals surface area (Å²) in [5.41, 5.74) is 3.92. The Balaban J connectivity index is 0.800. The maximum atomic E-state index is 14.7. The minimum Gasteiger partial charge on any atom is -0.369 e. The lowest BCUT2D eigenvalue weighted by Crippen LogP contribution is -2.49. The van der Waals surface area contributed by atoms with Crippen molar-refractivity contribution in [3.8, 4) is 11.3 Å². The molecule has 1 saturated carbocycles. The van der Waals surface area contributed by atoms with Crippen LogP contribution in [-0.2, 0) is 15.0 Å². The van der Waals surface area contributed by atoms with Crippen molar-refractivity contribution in [2.75, 3.05) is 42.9 Å². The van der Waals surface area contributed by atoms with Crippen molar-refractivity contribution in [2.24, 2.45) is 5.92 Å². The highest BCUT2D eigenvalue weighted by atomic mass is 19.1. The second-order valence-electron chi connectivity index (χ2n) is 15.1. The second-order valence-corrected chi connectivity index (χ2v) is 15.1. The van der Waals surface area contributed by atoms with E-state index in [0.717, 1.165) is 62.9 Å². The molecule has 5 heterocycles. The molecule has 1 atom stereocenters. The van der Waals surface area contributed by atoms with Gasteiger partial charge in [-0.1, -0.05) is 12.1 Å². The molecule has 3 fully saturated rings. The standard InChI is InChI=1S/C40H45F2N9O2/c1-26-21-32(34(42)22-33(26)41)35-24-44-37(38-43-14-16-50(35)38)46-29-23-45-51(25-29)31-7-3-27(4-8-31)12-15-48-17-19-49(20-18-48)30-9-5-28(6-10-30)40(2)13-11-36(52)47-39(40)53/h5-6,9-10,14,16,21-25,27,31H,3-4,7-8,11-13,15,17-20H2,1-2H3,(H,44,46)(H,47,52,53)/t27?,31?,40-/m1/s1. The van der Waals surface area contributed by atoms with Crippen LogP contribution in [0, 0.1) is 24.5 Å². The molecule has 8 rings (SSSR count). The molecule has 3 aromatic heterocycles. The maximum Gasteiger partial charge on any atom is 0.236 e. The molecule has 0 spiro atoms. The molecule has 276 valence electrons. The SMILES string of the molecule is Cc1cc(-c2cnc(Nc3cnn(C4CCC(CCN5CCN(c6ccc([C@@]7(C)CCC(=O)NC7=O)cc6)CC5)CC4)c3)c3nccn23)c(F)cc1F. The van der Waals surface area contributed by atoms with E-state index < -0.39 is 17.0 Å². The normalized spacial score (nSPS) is 22.7. The molecule has 2 aromatic carbocycles. The van der Waals surface area contributed by atoms with E-state index in [0.29, 0.717) is 47.5 Å². The number of carbonyl (C=O) groups excluding carboxylic acids is 2. The first-order valence-electron chi connectivity index (χ1n) is 18.7. The number of halogens is 2. The number of hydrogen-bond donors (Lipinski definition) is 2. The minimum atomic E-state index is -0.666. The van der Waals surface area contributed by atoms with Crippen molar-refractivity contribution >= 4 is 34.7 Å². The Bertz CT molecular complexity index is 2130. The summed E-state index contributed by atoms with van der Waals surface area (Å²) in [6.07, 6.45) is 15.4. The summed E-state index contributed by atoms with van der Waals surface area (Å²) in [6, 6.07) is 11.1. The van der Waals surface area contributed by atoms with E-state index in [1.54, 1.807) is 36.1 Å². The molecule has 11 nitrogen and oxygen atoms in total. The smallest absolute Gasteiger partial charge is 0.236 e. The van der Waals surface area contributed by atoms with Gasteiger partial charge in [0.1, 0.15) is 11.6 Å². The van der Waals surface area contributed by atoms with Gasteiger partial charge in [-0.25, -0.2) is 18.7 Å². The summed E-state index contributed by atoms with van der Waals surface area (Å²) in [5.74, 6) is -0.390. The summed E-state index contributed by atoms with van der Waals surface area (Å²) in [5, 5.41) is 10.5. The van der Waals surface area contributed by atoms with Gasteiger partial charge in [0.15, 0.2) is 11.5 Å². The number of imidazole rings is 1. The zero-order valence-electron chi connectivity index (χ0n) is 30.2. The third kappa shape index (κ3) is 7.01. The predicted octanol–water partition coefficient (Wildman–Crippen LogP) is 6.56. The Labute approximate surface area is 307 Å². The van der Waals surface area contributed by atoms with E-state index in [2.05, 4.69) is 52.3 Å². The molecule has 1 aliphatic carbocycles. The van der Waals surface area contributed by atoms with Gasteiger partial charge in [0.2, 0.25) is 11.8 Å². The monoisotopic (exact) mass is 721 g/mol. The van der Waals surface area contributed by atoms with Crippen LogP contribution >= 0.6 is 0 Å². The topological polar surface area (TPSA) is 113 Å². The van der Waals surface area contributed by atoms with Gasteiger partial charge in [-0.3, -0.25) is 28.9 Å². The quantitative estimate of drug-likeness (QED) is 0.165. The van der Waals surface area contributed by atoms with Crippen LogP contribution in [0.4, 0.5) is 26.0 Å². The molecule has 0 unspecified atom stereocenters. The van der Waals surface area contributed by atoms with Crippen LogP contribution in [0.1, 0.15) is 69.0 Å². The number of hydrogen-bond acceptors (Lipinski definition) is 8. The van der Waals surface area contributed by atoms with Crippen molar-refractivity contribution in [1.82, 2.24) is 34.4 Å². The molecule has 0 bridgehead atoms. The highest BCUT2D eigenvalue weighted by Gasteiger charge is 2.40. The number of aryl methyl sites for hydroxylation is 1. The molecular weight excluding hydrogens is 676 g/mol. The molecular formula is C40H45F2N9O2. The molecule has 2 amide bonds. The van der Waals surface area contributed by atoms with E-state index in [-0.39, 0.29) is 17.4 Å². The maximum absolute atomic E-state index is 14.7. The molecule has 0 radical (unpaired) electrons. The first-order valence-corrected chi connectivity index (χ1v) is 18.7. The van der Waals surface area contributed by atoms with Crippen molar-refractivity contribution in [3.05, 3.63) is 90.1 Å². The van der Waals surface area contributed by atoms with E-state index >= 15 is 0 Å². The number of rotatable bonds is 9. The zero-order valence-corrected chi connectivity index (χ0v) is 30.2. The number of aromatic nitrogens is 5. The van der Waals surface area contributed by atoms with E-state index in [9.17, 15) is 18.4 Å². The van der Waals surface area contributed by atoms with Crippen LogP contribution in [0.15, 0.2) is 67.4 Å². The number of benzene rings is 2. The minimum absolute atomic E-state index is 0.190. The van der Waals surface area contributed by atoms with Crippen LogP contribution in [0.25, 0.3) is 16.9 Å². The molecule has 5 aromatic rings. The van der Waals surface area contributed by atoms with Gasteiger partial charge >= 0.3 is 0 Å². The number of anilines is 3. The second kappa shape index (κ2) is 14.3. The van der Waals surface area contributed by atoms with Gasteiger partial charge in [-0.05, 0) is 94.2 Å². The predicted molar refractivity (Wildman–Crippen MR) is 199 cm³/mol. The third-order valence-corrected chi connectivity index (χ3v) is 11.7. The number of imide groups is 1. The van der Waals surface area contributed by atoms with Gasteiger partial charge in [-0.15, -0.1) is 0 Å². The summed E-state index contributed by atoms with van der Waals surface area (Å²) >= 11 is 0. The van der Waals surface area contributed by atoms with E-state index in [1.807, 2.05) is 25.3 Å². The van der Waals surface area contributed by atoms with Gasteiger partial charge in [0, 0.05) is 68.5 Å². The van der Waals surface area contributed by atoms with Gasteiger partial charge in [0.05, 0.1) is 35.2 Å². The van der Waals surface area contributed by atoms with Gasteiger partial charge in [-0.2, -0.15) is 5.10 Å². The molecule has 13 heteroatoms. The number of nitrogens with zero attached hydrogens (tertiary/aromatic N) is 7. The fourth-order valence-corrected chi connectivity index (χ4v) is 8.21. The average molecular weight is 722 g/mol. The molecule has 2 aliphatic heterocycles. The summed E-state index contributed by atoms with van der Waals surface area (Å²) < 4.78 is 32.4. The zero-order chi connectivity index (χ0) is 36.7. The van der Waals surface area contributed by atoms with Crippen molar-refractivity contribution in [3.63, 3.8) is 0 Å². The van der Waals surface area contributed by atoms with Gasteiger partial charge in [0.25, 0.3) is 0 Å². The van der Waals surface area contributed by atoms with E-state index in [4.69, 9.17) is 0 Å². The number of nitrogens with one attached hydrogen (secondary N) is 2. The summed E-state index contributed by atoms with van der Waals surface area (Å²) in [4.78, 5) is 38.2. The number of piperidine rings is 1. The molecule has 3 aliphatic rings. The number of amides is 2. The summed E-state index contributed by atoms with van der Waals surface area (Å²) in [6.45, 7) is 8.67. The highest BCUT2D eigenvalue weighted by Crippen LogP contribution is 2.36. The van der Waals surface area contributed by atoms with Crippen molar-refractivity contribution in [2.45, 2.75) is 70.3 Å². The van der Waals surface area contributed by atoms with Crippen LogP contribution in [-0.4, -0.2) is 73.6 Å². The number of piperazine rings is 1. The Morgan fingerprint density at radius 2 is 1.74 bits per heavy atom. The largest absolute Gasteiger partial charge is 0.369 e. The van der Waals surface area contributed by atoms with Gasteiger partial charge < -0.3 is 10.2 Å². The average Bonchev–Trinajstić information content (AvgIpc) is 3.86. The Kier molecular flexibility index (Phi) is 9.44. The Hall–Kier alpha value is -5.17. The lowest BCUT2D eigenvalue weighted by Gasteiger charge is -2.37. The van der Waals surface area contributed by atoms with Crippen LogP contribution < -0.4 is 15.5 Å². The lowest BCUT2D eigenvalue weighted by molar-refractivity contribution is -0.137. The molecule has 2 saturated heterocycles. The molecule has 2 N–H and O–H groups in total. The van der Waals surface area contributed by atoms with Crippen LogP contribution in [0.5, 0.6) is 0 Å². The van der Waals surface area contributed by atoms with Crippen LogP contribution in [0.2, 0.25) is 0 Å². The summed E-state index contributed by atoms with van der Waals surface area (Å²) in [7, 11) is 0. The van der Waals surface area contributed by atoms with E-state index in [1.165, 1.54) is 31.0 Å². The fraction of sp³-hybridized carbons (Fsp3) is 0.425. The number of fused-ring (bicyclic) bond motifs is 1. The highest BCUT2D eigenvalue weighted by molar-refractivity contribution is 6.03.